The van der Waals surface area contributed by atoms with Crippen molar-refractivity contribution in [2.75, 3.05) is 5.32 Å². The summed E-state index contributed by atoms with van der Waals surface area (Å²) >= 11 is 1.15. The lowest BCUT2D eigenvalue weighted by Gasteiger charge is -2.08. The van der Waals surface area contributed by atoms with Crippen molar-refractivity contribution in [3.63, 3.8) is 0 Å². The number of benzene rings is 2. The molecule has 3 aromatic rings. The van der Waals surface area contributed by atoms with Crippen molar-refractivity contribution in [2.45, 2.75) is 13.1 Å². The maximum absolute atomic E-state index is 12.7. The number of nitrogens with zero attached hydrogens (tertiary/aromatic N) is 2. The van der Waals surface area contributed by atoms with Gasteiger partial charge in [0.2, 0.25) is 5.13 Å². The molecule has 1 N–H and O–H groups in total. The summed E-state index contributed by atoms with van der Waals surface area (Å²) in [5.41, 5.74) is 0.980. The second-order valence-corrected chi connectivity index (χ2v) is 6.29. The smallest absolute Gasteiger partial charge is 0.296 e. The highest BCUT2D eigenvalue weighted by Crippen LogP contribution is 2.30. The Hall–Kier alpha value is -2.74. The number of halogens is 3. The first kappa shape index (κ1) is 17.1. The normalized spacial score (nSPS) is 11.4. The Kier molecular flexibility index (Phi) is 4.54. The first-order valence-electron chi connectivity index (χ1n) is 7.22. The number of carbonyl (C=O) groups excluding carboxylic acids is 1. The second-order valence-electron chi connectivity index (χ2n) is 5.31. The van der Waals surface area contributed by atoms with Crippen molar-refractivity contribution in [2.24, 2.45) is 0 Å². The molecule has 0 aliphatic rings. The van der Waals surface area contributed by atoms with E-state index in [0.717, 1.165) is 34.6 Å². The third-order valence-corrected chi connectivity index (χ3v) is 4.28. The molecule has 0 saturated carbocycles. The molecular formula is C17H12F3N3OS. The standard InChI is InChI=1S/C17H12F3N3OS/c1-10-5-7-11(8-6-10)15-22-23-16(25-15)21-14(24)12-3-2-4-13(9-12)17(18,19)20/h2-9H,1H3,(H,21,23,24). The summed E-state index contributed by atoms with van der Waals surface area (Å²) in [6.07, 6.45) is -4.50. The lowest BCUT2D eigenvalue weighted by molar-refractivity contribution is -0.137. The van der Waals surface area contributed by atoms with Gasteiger partial charge in [-0.05, 0) is 25.1 Å². The van der Waals surface area contributed by atoms with Crippen molar-refractivity contribution >= 4 is 22.4 Å². The SMILES string of the molecule is Cc1ccc(-c2nnc(NC(=O)c3cccc(C(F)(F)F)c3)s2)cc1. The van der Waals surface area contributed by atoms with Gasteiger partial charge in [-0.15, -0.1) is 10.2 Å². The van der Waals surface area contributed by atoms with Gasteiger partial charge in [-0.25, -0.2) is 0 Å². The molecule has 0 radical (unpaired) electrons. The van der Waals surface area contributed by atoms with Gasteiger partial charge in [0.15, 0.2) is 0 Å². The van der Waals surface area contributed by atoms with Crippen molar-refractivity contribution in [3.05, 3.63) is 65.2 Å². The van der Waals surface area contributed by atoms with Gasteiger partial charge in [-0.3, -0.25) is 10.1 Å². The first-order valence-corrected chi connectivity index (χ1v) is 8.04. The predicted octanol–water partition coefficient (Wildman–Crippen LogP) is 4.78. The second kappa shape index (κ2) is 6.64. The fourth-order valence-electron chi connectivity index (χ4n) is 2.09. The molecule has 0 saturated heterocycles. The zero-order valence-electron chi connectivity index (χ0n) is 13.0. The largest absolute Gasteiger partial charge is 0.416 e. The van der Waals surface area contributed by atoms with Crippen LogP contribution < -0.4 is 5.32 Å². The molecule has 1 amide bonds. The topological polar surface area (TPSA) is 54.9 Å². The minimum atomic E-state index is -4.50. The number of aromatic nitrogens is 2. The number of anilines is 1. The molecule has 0 aliphatic heterocycles. The van der Waals surface area contributed by atoms with E-state index in [4.69, 9.17) is 0 Å². The van der Waals surface area contributed by atoms with Crippen LogP contribution in [-0.2, 0) is 6.18 Å². The molecular weight excluding hydrogens is 351 g/mol. The Morgan fingerprint density at radius 2 is 1.80 bits per heavy atom. The maximum Gasteiger partial charge on any atom is 0.416 e. The highest BCUT2D eigenvalue weighted by Gasteiger charge is 2.30. The average Bonchev–Trinajstić information content (AvgIpc) is 3.03. The summed E-state index contributed by atoms with van der Waals surface area (Å²) in [6.45, 7) is 1.96. The molecule has 0 fully saturated rings. The van der Waals surface area contributed by atoms with Crippen molar-refractivity contribution < 1.29 is 18.0 Å². The van der Waals surface area contributed by atoms with Gasteiger partial charge in [0, 0.05) is 11.1 Å². The summed E-state index contributed by atoms with van der Waals surface area (Å²) in [6, 6.07) is 11.8. The fourth-order valence-corrected chi connectivity index (χ4v) is 2.84. The fraction of sp³-hybridized carbons (Fsp3) is 0.118. The van der Waals surface area contributed by atoms with Gasteiger partial charge >= 0.3 is 6.18 Å². The highest BCUT2D eigenvalue weighted by molar-refractivity contribution is 7.18. The number of nitrogens with one attached hydrogen (secondary N) is 1. The summed E-state index contributed by atoms with van der Waals surface area (Å²) < 4.78 is 38.2. The Morgan fingerprint density at radius 1 is 1.08 bits per heavy atom. The molecule has 128 valence electrons. The molecule has 25 heavy (non-hydrogen) atoms. The van der Waals surface area contributed by atoms with Gasteiger partial charge < -0.3 is 0 Å². The molecule has 1 heterocycles. The van der Waals surface area contributed by atoms with E-state index >= 15 is 0 Å². The molecule has 0 atom stereocenters. The number of rotatable bonds is 3. The minimum absolute atomic E-state index is 0.0955. The predicted molar refractivity (Wildman–Crippen MR) is 89.5 cm³/mol. The Balaban J connectivity index is 1.77. The van der Waals surface area contributed by atoms with Crippen LogP contribution in [0.3, 0.4) is 0 Å². The van der Waals surface area contributed by atoms with Crippen molar-refractivity contribution in [1.82, 2.24) is 10.2 Å². The van der Waals surface area contributed by atoms with Crippen LogP contribution in [0.25, 0.3) is 10.6 Å². The maximum atomic E-state index is 12.7. The summed E-state index contributed by atoms with van der Waals surface area (Å²) in [5.74, 6) is -0.669. The van der Waals surface area contributed by atoms with Crippen LogP contribution in [-0.4, -0.2) is 16.1 Å². The molecule has 0 spiro atoms. The quantitative estimate of drug-likeness (QED) is 0.728. The van der Waals surface area contributed by atoms with E-state index < -0.39 is 17.6 Å². The molecule has 0 bridgehead atoms. The monoisotopic (exact) mass is 363 g/mol. The molecule has 0 aliphatic carbocycles. The summed E-state index contributed by atoms with van der Waals surface area (Å²) in [4.78, 5) is 12.1. The van der Waals surface area contributed by atoms with Crippen LogP contribution in [0.1, 0.15) is 21.5 Å². The third kappa shape index (κ3) is 4.03. The Morgan fingerprint density at radius 3 is 2.48 bits per heavy atom. The van der Waals surface area contributed by atoms with Crippen LogP contribution in [0, 0.1) is 6.92 Å². The van der Waals surface area contributed by atoms with Crippen molar-refractivity contribution in [1.29, 1.82) is 0 Å². The Bertz CT molecular complexity index is 904. The van der Waals surface area contributed by atoms with Gasteiger partial charge in [0.05, 0.1) is 5.56 Å². The van der Waals surface area contributed by atoms with Crippen molar-refractivity contribution in [3.8, 4) is 10.6 Å². The zero-order valence-corrected chi connectivity index (χ0v) is 13.8. The van der Waals surface area contributed by atoms with E-state index in [-0.39, 0.29) is 10.7 Å². The molecule has 3 rings (SSSR count). The third-order valence-electron chi connectivity index (χ3n) is 3.40. The van der Waals surface area contributed by atoms with E-state index in [2.05, 4.69) is 15.5 Å². The highest BCUT2D eigenvalue weighted by atomic mass is 32.1. The van der Waals surface area contributed by atoms with Gasteiger partial charge in [-0.2, -0.15) is 13.2 Å². The molecule has 2 aromatic carbocycles. The molecule has 8 heteroatoms. The average molecular weight is 363 g/mol. The van der Waals surface area contributed by atoms with E-state index in [1.807, 2.05) is 31.2 Å². The van der Waals surface area contributed by atoms with Crippen LogP contribution in [0.5, 0.6) is 0 Å². The van der Waals surface area contributed by atoms with E-state index in [1.54, 1.807) is 0 Å². The molecule has 4 nitrogen and oxygen atoms in total. The van der Waals surface area contributed by atoms with E-state index in [0.29, 0.717) is 5.01 Å². The van der Waals surface area contributed by atoms with Crippen LogP contribution in [0.15, 0.2) is 48.5 Å². The molecule has 0 unspecified atom stereocenters. The number of carbonyl (C=O) groups is 1. The molecule has 1 aromatic heterocycles. The lowest BCUT2D eigenvalue weighted by atomic mass is 10.1. The summed E-state index contributed by atoms with van der Waals surface area (Å²) in [7, 11) is 0. The van der Waals surface area contributed by atoms with E-state index in [9.17, 15) is 18.0 Å². The number of aryl methyl sites for hydroxylation is 1. The first-order chi connectivity index (χ1) is 11.8. The van der Waals surface area contributed by atoms with Crippen LogP contribution in [0.4, 0.5) is 18.3 Å². The van der Waals surface area contributed by atoms with Crippen LogP contribution >= 0.6 is 11.3 Å². The number of amides is 1. The zero-order chi connectivity index (χ0) is 18.0. The summed E-state index contributed by atoms with van der Waals surface area (Å²) in [5, 5.41) is 11.2. The lowest BCUT2D eigenvalue weighted by Crippen LogP contribution is -2.13. The van der Waals surface area contributed by atoms with Gasteiger partial charge in [-0.1, -0.05) is 47.2 Å². The number of hydrogen-bond acceptors (Lipinski definition) is 4. The Labute approximate surface area is 145 Å². The van der Waals surface area contributed by atoms with Crippen LogP contribution in [0.2, 0.25) is 0 Å². The minimum Gasteiger partial charge on any atom is -0.296 e. The number of hydrogen-bond donors (Lipinski definition) is 1. The van der Waals surface area contributed by atoms with Gasteiger partial charge in [0.25, 0.3) is 5.91 Å². The van der Waals surface area contributed by atoms with Gasteiger partial charge in [0.1, 0.15) is 5.01 Å². The number of alkyl halides is 3. The van der Waals surface area contributed by atoms with E-state index in [1.165, 1.54) is 12.1 Å².